The quantitative estimate of drug-likeness (QED) is 0.932. The number of para-hydroxylation sites is 2. The number of hydrogen-bond donors (Lipinski definition) is 1. The van der Waals surface area contributed by atoms with E-state index in [2.05, 4.69) is 5.32 Å². The van der Waals surface area contributed by atoms with Gasteiger partial charge in [-0.15, -0.1) is 0 Å². The van der Waals surface area contributed by atoms with Crippen LogP contribution in [0.2, 0.25) is 5.02 Å². The summed E-state index contributed by atoms with van der Waals surface area (Å²) in [6.07, 6.45) is 0.576. The van der Waals surface area contributed by atoms with Crippen molar-refractivity contribution in [2.45, 2.75) is 6.42 Å². The molecule has 4 nitrogen and oxygen atoms in total. The summed E-state index contributed by atoms with van der Waals surface area (Å²) in [4.78, 5) is 26.3. The van der Waals surface area contributed by atoms with Crippen LogP contribution in [-0.2, 0) is 9.59 Å². The third-order valence-electron chi connectivity index (χ3n) is 4.05. The molecular weight excluding hydrogens is 312 g/mol. The van der Waals surface area contributed by atoms with Gasteiger partial charge in [0.1, 0.15) is 0 Å². The van der Waals surface area contributed by atoms with E-state index in [1.54, 1.807) is 36.2 Å². The lowest BCUT2D eigenvalue weighted by molar-refractivity contribution is -0.123. The molecule has 5 heteroatoms. The molecule has 0 radical (unpaired) electrons. The van der Waals surface area contributed by atoms with E-state index in [4.69, 9.17) is 11.6 Å². The number of amides is 2. The zero-order valence-corrected chi connectivity index (χ0v) is 13.5. The van der Waals surface area contributed by atoms with Crippen LogP contribution >= 0.6 is 11.6 Å². The lowest BCUT2D eigenvalue weighted by atomic mass is 10.2. The average molecular weight is 329 g/mol. The van der Waals surface area contributed by atoms with Gasteiger partial charge in [0, 0.05) is 12.7 Å². The first-order valence-corrected chi connectivity index (χ1v) is 7.83. The van der Waals surface area contributed by atoms with E-state index in [0.717, 1.165) is 5.69 Å². The molecule has 1 fully saturated rings. The molecule has 0 bridgehead atoms. The molecule has 23 heavy (non-hydrogen) atoms. The van der Waals surface area contributed by atoms with Crippen LogP contribution in [0.15, 0.2) is 54.6 Å². The monoisotopic (exact) mass is 328 g/mol. The Kier molecular flexibility index (Phi) is 4.35. The predicted octanol–water partition coefficient (Wildman–Crippen LogP) is 3.58. The Labute approximate surface area is 140 Å². The van der Waals surface area contributed by atoms with Crippen LogP contribution in [0.3, 0.4) is 0 Å². The summed E-state index contributed by atoms with van der Waals surface area (Å²) in [5, 5.41) is 3.29. The first-order valence-electron chi connectivity index (χ1n) is 7.46. The van der Waals surface area contributed by atoms with Gasteiger partial charge in [-0.05, 0) is 30.7 Å². The normalized spacial score (nSPS) is 19.0. The maximum atomic E-state index is 12.5. The fourth-order valence-corrected chi connectivity index (χ4v) is 2.76. The summed E-state index contributed by atoms with van der Waals surface area (Å²) in [6.45, 7) is 0. The Bertz CT molecular complexity index is 733. The molecule has 3 rings (SSSR count). The number of nitrogens with zero attached hydrogens (tertiary/aromatic N) is 1. The lowest BCUT2D eigenvalue weighted by Crippen LogP contribution is -2.29. The Balaban J connectivity index is 1.62. The van der Waals surface area contributed by atoms with Gasteiger partial charge in [0.15, 0.2) is 0 Å². The number of anilines is 2. The number of benzene rings is 2. The van der Waals surface area contributed by atoms with Crippen molar-refractivity contribution in [3.05, 3.63) is 59.6 Å². The van der Waals surface area contributed by atoms with E-state index in [-0.39, 0.29) is 23.7 Å². The second-order valence-electron chi connectivity index (χ2n) is 5.65. The van der Waals surface area contributed by atoms with Crippen molar-refractivity contribution >= 4 is 34.8 Å². The summed E-state index contributed by atoms with van der Waals surface area (Å²) < 4.78 is 0. The van der Waals surface area contributed by atoms with E-state index in [9.17, 15) is 9.59 Å². The van der Waals surface area contributed by atoms with E-state index >= 15 is 0 Å². The minimum absolute atomic E-state index is 0.0319. The van der Waals surface area contributed by atoms with Crippen LogP contribution in [-0.4, -0.2) is 18.9 Å². The molecule has 2 aromatic carbocycles. The van der Waals surface area contributed by atoms with Gasteiger partial charge in [0.05, 0.1) is 22.5 Å². The molecule has 1 aliphatic carbocycles. The second kappa shape index (κ2) is 6.42. The largest absolute Gasteiger partial charge is 0.325 e. The molecule has 0 heterocycles. The Morgan fingerprint density at radius 3 is 2.39 bits per heavy atom. The fourth-order valence-electron chi connectivity index (χ4n) is 2.57. The fraction of sp³-hybridized carbons (Fsp3) is 0.222. The minimum atomic E-state index is -0.287. The van der Waals surface area contributed by atoms with Crippen molar-refractivity contribution in [1.29, 1.82) is 0 Å². The summed E-state index contributed by atoms with van der Waals surface area (Å²) in [5.41, 5.74) is 1.41. The Morgan fingerprint density at radius 1 is 1.04 bits per heavy atom. The third kappa shape index (κ3) is 3.37. The summed E-state index contributed by atoms with van der Waals surface area (Å²) in [5.74, 6) is -0.735. The SMILES string of the molecule is CN(C(=O)C1CC1C(=O)Nc1ccccc1Cl)c1ccccc1. The van der Waals surface area contributed by atoms with E-state index in [0.29, 0.717) is 17.1 Å². The van der Waals surface area contributed by atoms with Crippen LogP contribution in [0.25, 0.3) is 0 Å². The zero-order chi connectivity index (χ0) is 16.4. The molecule has 0 aliphatic heterocycles. The number of halogens is 1. The van der Waals surface area contributed by atoms with Crippen molar-refractivity contribution in [3.8, 4) is 0 Å². The highest BCUT2D eigenvalue weighted by atomic mass is 35.5. The molecular formula is C18H17ClN2O2. The van der Waals surface area contributed by atoms with Crippen LogP contribution in [0.4, 0.5) is 11.4 Å². The van der Waals surface area contributed by atoms with Gasteiger partial charge in [0.25, 0.3) is 0 Å². The summed E-state index contributed by atoms with van der Waals surface area (Å²) >= 11 is 6.03. The second-order valence-corrected chi connectivity index (χ2v) is 6.06. The molecule has 1 aliphatic rings. The van der Waals surface area contributed by atoms with E-state index in [1.165, 1.54) is 0 Å². The Morgan fingerprint density at radius 2 is 1.70 bits per heavy atom. The van der Waals surface area contributed by atoms with Crippen LogP contribution in [0, 0.1) is 11.8 Å². The first-order chi connectivity index (χ1) is 11.1. The third-order valence-corrected chi connectivity index (χ3v) is 4.38. The molecule has 1 N–H and O–H groups in total. The Hall–Kier alpha value is -2.33. The van der Waals surface area contributed by atoms with Gasteiger partial charge in [0.2, 0.25) is 11.8 Å². The maximum Gasteiger partial charge on any atom is 0.230 e. The van der Waals surface area contributed by atoms with Gasteiger partial charge >= 0.3 is 0 Å². The van der Waals surface area contributed by atoms with E-state index in [1.807, 2.05) is 30.3 Å². The highest BCUT2D eigenvalue weighted by Crippen LogP contribution is 2.41. The molecule has 0 aromatic heterocycles. The molecule has 0 spiro atoms. The molecule has 2 amide bonds. The van der Waals surface area contributed by atoms with Crippen molar-refractivity contribution in [1.82, 2.24) is 0 Å². The number of rotatable bonds is 4. The smallest absolute Gasteiger partial charge is 0.230 e. The number of carbonyl (C=O) groups is 2. The van der Waals surface area contributed by atoms with Gasteiger partial charge in [-0.2, -0.15) is 0 Å². The summed E-state index contributed by atoms with van der Waals surface area (Å²) in [6, 6.07) is 16.5. The van der Waals surface area contributed by atoms with E-state index < -0.39 is 0 Å². The highest BCUT2D eigenvalue weighted by Gasteiger charge is 2.49. The molecule has 2 unspecified atom stereocenters. The molecule has 118 valence electrons. The topological polar surface area (TPSA) is 49.4 Å². The maximum absolute atomic E-state index is 12.5. The van der Waals surface area contributed by atoms with Gasteiger partial charge in [-0.1, -0.05) is 41.9 Å². The van der Waals surface area contributed by atoms with Crippen molar-refractivity contribution in [2.24, 2.45) is 11.8 Å². The van der Waals surface area contributed by atoms with Crippen LogP contribution < -0.4 is 10.2 Å². The zero-order valence-electron chi connectivity index (χ0n) is 12.7. The molecule has 2 aromatic rings. The van der Waals surface area contributed by atoms with Gasteiger partial charge in [-0.3, -0.25) is 9.59 Å². The first kappa shape index (κ1) is 15.6. The van der Waals surface area contributed by atoms with Crippen molar-refractivity contribution < 1.29 is 9.59 Å². The number of carbonyl (C=O) groups excluding carboxylic acids is 2. The number of hydrogen-bond acceptors (Lipinski definition) is 2. The van der Waals surface area contributed by atoms with Gasteiger partial charge in [-0.25, -0.2) is 0 Å². The molecule has 2 atom stereocenters. The standard InChI is InChI=1S/C18H17ClN2O2/c1-21(12-7-3-2-4-8-12)18(23)14-11-13(14)17(22)20-16-10-6-5-9-15(16)19/h2-10,13-14H,11H2,1H3,(H,20,22). The minimum Gasteiger partial charge on any atom is -0.325 e. The number of nitrogens with one attached hydrogen (secondary N) is 1. The predicted molar refractivity (Wildman–Crippen MR) is 91.5 cm³/mol. The van der Waals surface area contributed by atoms with Crippen molar-refractivity contribution in [3.63, 3.8) is 0 Å². The van der Waals surface area contributed by atoms with Crippen LogP contribution in [0.1, 0.15) is 6.42 Å². The average Bonchev–Trinajstić information content (AvgIpc) is 3.37. The van der Waals surface area contributed by atoms with Crippen molar-refractivity contribution in [2.75, 3.05) is 17.3 Å². The van der Waals surface area contributed by atoms with Crippen LogP contribution in [0.5, 0.6) is 0 Å². The highest BCUT2D eigenvalue weighted by molar-refractivity contribution is 6.33. The summed E-state index contributed by atoms with van der Waals surface area (Å²) in [7, 11) is 1.74. The van der Waals surface area contributed by atoms with Gasteiger partial charge < -0.3 is 10.2 Å². The lowest BCUT2D eigenvalue weighted by Gasteiger charge is -2.17. The molecule has 1 saturated carbocycles. The molecule has 0 saturated heterocycles.